The van der Waals surface area contributed by atoms with Gasteiger partial charge in [-0.2, -0.15) is 0 Å². The maximum Gasteiger partial charge on any atom is 0.266 e. The number of carbonyl (C=O) groups excluding carboxylic acids is 2. The first-order chi connectivity index (χ1) is 14.0. The highest BCUT2D eigenvalue weighted by Crippen LogP contribution is 2.32. The molecule has 1 saturated heterocycles. The normalized spacial score (nSPS) is 15.7. The van der Waals surface area contributed by atoms with E-state index in [4.69, 9.17) is 17.0 Å². The quantitative estimate of drug-likeness (QED) is 0.547. The number of rotatable bonds is 6. The summed E-state index contributed by atoms with van der Waals surface area (Å²) in [6.07, 6.45) is 3.79. The van der Waals surface area contributed by atoms with Crippen molar-refractivity contribution in [2.75, 3.05) is 19.0 Å². The Bertz CT molecular complexity index is 983. The van der Waals surface area contributed by atoms with E-state index in [1.807, 2.05) is 43.3 Å². The van der Waals surface area contributed by atoms with Crippen LogP contribution >= 0.6 is 24.0 Å². The van der Waals surface area contributed by atoms with Gasteiger partial charge in [0.15, 0.2) is 0 Å². The van der Waals surface area contributed by atoms with E-state index in [2.05, 4.69) is 5.32 Å². The smallest absolute Gasteiger partial charge is 0.266 e. The number of nitrogens with zero attached hydrogens (tertiary/aromatic N) is 1. The molecule has 3 rings (SSSR count). The summed E-state index contributed by atoms with van der Waals surface area (Å²) in [5.41, 5.74) is 2.61. The molecule has 1 fully saturated rings. The van der Waals surface area contributed by atoms with Gasteiger partial charge < -0.3 is 10.1 Å². The predicted molar refractivity (Wildman–Crippen MR) is 122 cm³/mol. The van der Waals surface area contributed by atoms with Gasteiger partial charge in [-0.15, -0.1) is 0 Å². The number of carbonyl (C=O) groups is 2. The van der Waals surface area contributed by atoms with Crippen LogP contribution in [0.1, 0.15) is 12.5 Å². The van der Waals surface area contributed by atoms with E-state index in [1.54, 1.807) is 37.5 Å². The lowest BCUT2D eigenvalue weighted by Gasteiger charge is -2.14. The molecule has 148 valence electrons. The van der Waals surface area contributed by atoms with Crippen molar-refractivity contribution in [3.8, 4) is 5.75 Å². The molecule has 0 saturated carbocycles. The van der Waals surface area contributed by atoms with Gasteiger partial charge in [-0.3, -0.25) is 14.5 Å². The molecule has 29 heavy (non-hydrogen) atoms. The SMILES string of the molecule is COc1ccc(NC(=O)CN2C(=O)/C(=C/C(C)=C/c3ccccc3)SC2=S)cc1. The van der Waals surface area contributed by atoms with Gasteiger partial charge >= 0.3 is 0 Å². The molecule has 0 spiro atoms. The summed E-state index contributed by atoms with van der Waals surface area (Å²) in [6, 6.07) is 16.8. The first-order valence-corrected chi connectivity index (χ1v) is 10.1. The van der Waals surface area contributed by atoms with E-state index in [0.717, 1.165) is 11.1 Å². The molecule has 1 aliphatic heterocycles. The number of amides is 2. The van der Waals surface area contributed by atoms with Gasteiger partial charge in [0.2, 0.25) is 5.91 Å². The van der Waals surface area contributed by atoms with E-state index in [9.17, 15) is 9.59 Å². The molecule has 2 aromatic rings. The van der Waals surface area contributed by atoms with Crippen LogP contribution in [0.2, 0.25) is 0 Å². The van der Waals surface area contributed by atoms with Gasteiger partial charge in [0.05, 0.1) is 12.0 Å². The topological polar surface area (TPSA) is 58.6 Å². The van der Waals surface area contributed by atoms with Crippen LogP contribution in [0, 0.1) is 0 Å². The fraction of sp³-hybridized carbons (Fsp3) is 0.136. The van der Waals surface area contributed by atoms with Crippen molar-refractivity contribution in [3.05, 3.63) is 76.7 Å². The summed E-state index contributed by atoms with van der Waals surface area (Å²) in [5, 5.41) is 2.76. The van der Waals surface area contributed by atoms with Crippen molar-refractivity contribution in [1.29, 1.82) is 0 Å². The third-order valence-corrected chi connectivity index (χ3v) is 5.48. The second-order valence-electron chi connectivity index (χ2n) is 6.34. The second-order valence-corrected chi connectivity index (χ2v) is 8.02. The molecule has 2 amide bonds. The number of nitrogens with one attached hydrogen (secondary N) is 1. The highest BCUT2D eigenvalue weighted by atomic mass is 32.2. The minimum atomic E-state index is -0.315. The Morgan fingerprint density at radius 3 is 2.52 bits per heavy atom. The van der Waals surface area contributed by atoms with Crippen molar-refractivity contribution in [1.82, 2.24) is 4.90 Å². The predicted octanol–water partition coefficient (Wildman–Crippen LogP) is 4.48. The molecule has 5 nitrogen and oxygen atoms in total. The molecular weight excluding hydrogens is 404 g/mol. The Balaban J connectivity index is 1.65. The van der Waals surface area contributed by atoms with Crippen molar-refractivity contribution in [3.63, 3.8) is 0 Å². The highest BCUT2D eigenvalue weighted by Gasteiger charge is 2.33. The first-order valence-electron chi connectivity index (χ1n) is 8.89. The molecule has 2 aromatic carbocycles. The van der Waals surface area contributed by atoms with Crippen LogP contribution in [0.3, 0.4) is 0 Å². The number of hydrogen-bond acceptors (Lipinski definition) is 5. The van der Waals surface area contributed by atoms with E-state index >= 15 is 0 Å². The van der Waals surface area contributed by atoms with Crippen LogP contribution in [0.5, 0.6) is 5.75 Å². The molecule has 1 heterocycles. The molecule has 0 unspecified atom stereocenters. The number of benzene rings is 2. The van der Waals surface area contributed by atoms with Crippen LogP contribution in [0.15, 0.2) is 71.2 Å². The highest BCUT2D eigenvalue weighted by molar-refractivity contribution is 8.26. The summed E-state index contributed by atoms with van der Waals surface area (Å²) >= 11 is 6.51. The summed E-state index contributed by atoms with van der Waals surface area (Å²) in [5.74, 6) is 0.124. The molecule has 1 aliphatic rings. The Labute approximate surface area is 179 Å². The number of methoxy groups -OCH3 is 1. The number of allylic oxidation sites excluding steroid dienone is 2. The number of hydrogen-bond donors (Lipinski definition) is 1. The Hall–Kier alpha value is -2.90. The maximum atomic E-state index is 12.7. The van der Waals surface area contributed by atoms with Gasteiger partial charge in [-0.1, -0.05) is 60.4 Å². The Morgan fingerprint density at radius 1 is 1.17 bits per heavy atom. The van der Waals surface area contributed by atoms with Crippen LogP contribution in [-0.4, -0.2) is 34.7 Å². The van der Waals surface area contributed by atoms with Crippen LogP contribution in [0.4, 0.5) is 5.69 Å². The number of thiocarbonyl (C=S) groups is 1. The van der Waals surface area contributed by atoms with E-state index in [1.165, 1.54) is 16.7 Å². The largest absolute Gasteiger partial charge is 0.497 e. The lowest BCUT2D eigenvalue weighted by Crippen LogP contribution is -2.36. The zero-order valence-electron chi connectivity index (χ0n) is 16.0. The summed E-state index contributed by atoms with van der Waals surface area (Å²) in [6.45, 7) is 1.80. The number of ether oxygens (including phenoxy) is 1. The molecule has 0 aliphatic carbocycles. The van der Waals surface area contributed by atoms with Gasteiger partial charge in [0.25, 0.3) is 5.91 Å². The van der Waals surface area contributed by atoms with Crippen molar-refractivity contribution >= 4 is 51.9 Å². The zero-order valence-corrected chi connectivity index (χ0v) is 17.7. The minimum Gasteiger partial charge on any atom is -0.497 e. The summed E-state index contributed by atoms with van der Waals surface area (Å²) in [7, 11) is 1.58. The number of anilines is 1. The van der Waals surface area contributed by atoms with Crippen molar-refractivity contribution < 1.29 is 14.3 Å². The molecule has 7 heteroatoms. The molecule has 1 N–H and O–H groups in total. The third-order valence-electron chi connectivity index (χ3n) is 4.10. The zero-order chi connectivity index (χ0) is 20.8. The fourth-order valence-corrected chi connectivity index (χ4v) is 4.02. The maximum absolute atomic E-state index is 12.7. The van der Waals surface area contributed by atoms with Gasteiger partial charge in [-0.05, 0) is 48.4 Å². The van der Waals surface area contributed by atoms with Crippen LogP contribution in [0.25, 0.3) is 6.08 Å². The average molecular weight is 425 g/mol. The molecule has 0 radical (unpaired) electrons. The molecule has 0 aromatic heterocycles. The fourth-order valence-electron chi connectivity index (χ4n) is 2.72. The first kappa shape index (κ1) is 20.8. The Kier molecular flexibility index (Phi) is 6.85. The van der Waals surface area contributed by atoms with Crippen LogP contribution in [-0.2, 0) is 9.59 Å². The van der Waals surface area contributed by atoms with Gasteiger partial charge in [0.1, 0.15) is 16.6 Å². The van der Waals surface area contributed by atoms with E-state index in [0.29, 0.717) is 20.7 Å². The van der Waals surface area contributed by atoms with Gasteiger partial charge in [0, 0.05) is 5.69 Å². The van der Waals surface area contributed by atoms with Gasteiger partial charge in [-0.25, -0.2) is 0 Å². The molecular formula is C22H20N2O3S2. The van der Waals surface area contributed by atoms with Crippen molar-refractivity contribution in [2.24, 2.45) is 0 Å². The monoisotopic (exact) mass is 424 g/mol. The average Bonchev–Trinajstić information content (AvgIpc) is 2.96. The molecule has 0 atom stereocenters. The minimum absolute atomic E-state index is 0.129. The lowest BCUT2D eigenvalue weighted by molar-refractivity contribution is -0.126. The third kappa shape index (κ3) is 5.56. The Morgan fingerprint density at radius 2 is 1.86 bits per heavy atom. The van der Waals surface area contributed by atoms with E-state index in [-0.39, 0.29) is 18.4 Å². The second kappa shape index (κ2) is 9.54. The summed E-state index contributed by atoms with van der Waals surface area (Å²) in [4.78, 5) is 26.9. The lowest BCUT2D eigenvalue weighted by atomic mass is 10.1. The van der Waals surface area contributed by atoms with Crippen molar-refractivity contribution in [2.45, 2.75) is 6.92 Å². The standard InChI is InChI=1S/C22H20N2O3S2/c1-15(12-16-6-4-3-5-7-16)13-19-21(26)24(22(28)29-19)14-20(25)23-17-8-10-18(27-2)11-9-17/h3-13H,14H2,1-2H3,(H,23,25)/b15-12+,19-13-. The number of thioether (sulfide) groups is 1. The summed E-state index contributed by atoms with van der Waals surface area (Å²) < 4.78 is 5.47. The van der Waals surface area contributed by atoms with Crippen LogP contribution < -0.4 is 10.1 Å². The molecule has 0 bridgehead atoms. The van der Waals surface area contributed by atoms with E-state index < -0.39 is 0 Å².